The van der Waals surface area contributed by atoms with Crippen molar-refractivity contribution in [3.63, 3.8) is 0 Å². The maximum atomic E-state index is 13.0. The van der Waals surface area contributed by atoms with Crippen LogP contribution in [0, 0.1) is 23.2 Å². The molecular formula is C23H31ClN2O4S. The first-order chi connectivity index (χ1) is 14.7. The standard InChI is InChI=1S/C23H31ClN2O4S/c24-18-1-3-20(4-2-18)31(29,30)26-7-5-19(6-8-26)25-22(28)21(27)23-12-15-9-16(13-23)11-17(10-15)14-23/h1-4,15-17,19,21,27H,5-14H2,(H,25,28). The average Bonchev–Trinajstić information content (AvgIpc) is 2.73. The number of halogens is 1. The van der Waals surface area contributed by atoms with Crippen molar-refractivity contribution in [3.05, 3.63) is 29.3 Å². The summed E-state index contributed by atoms with van der Waals surface area (Å²) in [6.07, 6.45) is 6.90. The van der Waals surface area contributed by atoms with Gasteiger partial charge in [0.05, 0.1) is 4.90 Å². The molecule has 1 amide bonds. The lowest BCUT2D eigenvalue weighted by molar-refractivity contribution is -0.155. The first kappa shape index (κ1) is 21.7. The minimum atomic E-state index is -3.57. The maximum Gasteiger partial charge on any atom is 0.249 e. The Labute approximate surface area is 189 Å². The largest absolute Gasteiger partial charge is 0.383 e. The number of piperidine rings is 1. The Morgan fingerprint density at radius 3 is 2.06 bits per heavy atom. The predicted octanol–water partition coefficient (Wildman–Crippen LogP) is 3.19. The molecule has 6 rings (SSSR count). The number of carbonyl (C=O) groups is 1. The van der Waals surface area contributed by atoms with Crippen LogP contribution in [0.3, 0.4) is 0 Å². The zero-order valence-electron chi connectivity index (χ0n) is 17.7. The van der Waals surface area contributed by atoms with Crippen LogP contribution in [0.1, 0.15) is 51.4 Å². The lowest BCUT2D eigenvalue weighted by Gasteiger charge is -2.58. The van der Waals surface area contributed by atoms with Crippen LogP contribution in [-0.2, 0) is 14.8 Å². The molecule has 1 aromatic rings. The molecule has 170 valence electrons. The number of nitrogens with zero attached hydrogens (tertiary/aromatic N) is 1. The summed E-state index contributed by atoms with van der Waals surface area (Å²) in [5.74, 6) is 1.76. The SMILES string of the molecule is O=C(NC1CCN(S(=O)(=O)c2ccc(Cl)cc2)CC1)C(O)C12CC3CC(CC(C3)C1)C2. The van der Waals surface area contributed by atoms with Crippen molar-refractivity contribution < 1.29 is 18.3 Å². The summed E-state index contributed by atoms with van der Waals surface area (Å²) in [4.78, 5) is 13.2. The third-order valence-electron chi connectivity index (χ3n) is 8.17. The predicted molar refractivity (Wildman–Crippen MR) is 118 cm³/mol. The summed E-state index contributed by atoms with van der Waals surface area (Å²) in [5.41, 5.74) is -0.239. The Kier molecular flexibility index (Phi) is 5.60. The van der Waals surface area contributed by atoms with E-state index in [1.165, 1.54) is 35.7 Å². The molecule has 31 heavy (non-hydrogen) atoms. The van der Waals surface area contributed by atoms with Gasteiger partial charge in [-0.25, -0.2) is 8.42 Å². The zero-order valence-corrected chi connectivity index (χ0v) is 19.2. The molecule has 0 aromatic heterocycles. The van der Waals surface area contributed by atoms with Crippen molar-refractivity contribution >= 4 is 27.5 Å². The minimum absolute atomic E-state index is 0.104. The fourth-order valence-electron chi connectivity index (χ4n) is 7.07. The molecule has 1 heterocycles. The van der Waals surface area contributed by atoms with Crippen molar-refractivity contribution in [2.24, 2.45) is 23.2 Å². The lowest BCUT2D eigenvalue weighted by Crippen LogP contribution is -2.57. The van der Waals surface area contributed by atoms with Crippen molar-refractivity contribution in [2.45, 2.75) is 68.4 Å². The lowest BCUT2D eigenvalue weighted by atomic mass is 9.48. The van der Waals surface area contributed by atoms with Crippen LogP contribution in [0.2, 0.25) is 5.02 Å². The molecule has 4 saturated carbocycles. The molecule has 6 nitrogen and oxygen atoms in total. The van der Waals surface area contributed by atoms with E-state index in [2.05, 4.69) is 5.32 Å². The van der Waals surface area contributed by atoms with E-state index in [-0.39, 0.29) is 22.3 Å². The summed E-state index contributed by atoms with van der Waals surface area (Å²) < 4.78 is 27.2. The van der Waals surface area contributed by atoms with Gasteiger partial charge >= 0.3 is 0 Å². The normalized spacial score (nSPS) is 34.6. The van der Waals surface area contributed by atoms with E-state index in [4.69, 9.17) is 11.6 Å². The maximum absolute atomic E-state index is 13.0. The Balaban J connectivity index is 1.18. The Hall–Kier alpha value is -1.15. The Morgan fingerprint density at radius 2 is 1.55 bits per heavy atom. The minimum Gasteiger partial charge on any atom is -0.383 e. The van der Waals surface area contributed by atoms with E-state index in [1.54, 1.807) is 12.1 Å². The summed E-state index contributed by atoms with van der Waals surface area (Å²) >= 11 is 5.87. The van der Waals surface area contributed by atoms with Crippen molar-refractivity contribution in [1.29, 1.82) is 0 Å². The number of hydrogen-bond donors (Lipinski definition) is 2. The van der Waals surface area contributed by atoms with Gasteiger partial charge in [-0.15, -0.1) is 0 Å². The summed E-state index contributed by atoms with van der Waals surface area (Å²) in [6, 6.07) is 6.09. The highest BCUT2D eigenvalue weighted by atomic mass is 35.5. The van der Waals surface area contributed by atoms with E-state index in [0.29, 0.717) is 48.7 Å². The number of sulfonamides is 1. The summed E-state index contributed by atoms with van der Waals surface area (Å²) in [6.45, 7) is 0.701. The van der Waals surface area contributed by atoms with Gasteiger partial charge in [-0.3, -0.25) is 4.79 Å². The van der Waals surface area contributed by atoms with Crippen LogP contribution in [0.4, 0.5) is 0 Å². The highest BCUT2D eigenvalue weighted by Crippen LogP contribution is 2.61. The molecular weight excluding hydrogens is 436 g/mol. The highest BCUT2D eigenvalue weighted by Gasteiger charge is 2.55. The molecule has 1 saturated heterocycles. The van der Waals surface area contributed by atoms with Gasteiger partial charge in [-0.05, 0) is 93.4 Å². The highest BCUT2D eigenvalue weighted by molar-refractivity contribution is 7.89. The molecule has 4 bridgehead atoms. The molecule has 1 unspecified atom stereocenters. The zero-order chi connectivity index (χ0) is 21.8. The van der Waals surface area contributed by atoms with Crippen LogP contribution < -0.4 is 5.32 Å². The number of aliphatic hydroxyl groups excluding tert-OH is 1. The molecule has 5 fully saturated rings. The third kappa shape index (κ3) is 4.03. The van der Waals surface area contributed by atoms with Crippen LogP contribution in [0.25, 0.3) is 0 Å². The second kappa shape index (κ2) is 8.01. The monoisotopic (exact) mass is 466 g/mol. The van der Waals surface area contributed by atoms with E-state index >= 15 is 0 Å². The van der Waals surface area contributed by atoms with Crippen LogP contribution >= 0.6 is 11.6 Å². The van der Waals surface area contributed by atoms with E-state index in [1.807, 2.05) is 0 Å². The number of carbonyl (C=O) groups excluding carboxylic acids is 1. The molecule has 1 aromatic carbocycles. The molecule has 4 aliphatic carbocycles. The van der Waals surface area contributed by atoms with Crippen LogP contribution in [0.15, 0.2) is 29.2 Å². The van der Waals surface area contributed by atoms with Gasteiger partial charge in [-0.1, -0.05) is 11.6 Å². The Morgan fingerprint density at radius 1 is 1.03 bits per heavy atom. The number of benzene rings is 1. The molecule has 5 aliphatic rings. The molecule has 1 atom stereocenters. The first-order valence-corrected chi connectivity index (χ1v) is 13.3. The first-order valence-electron chi connectivity index (χ1n) is 11.5. The van der Waals surface area contributed by atoms with Gasteiger partial charge in [-0.2, -0.15) is 4.31 Å². The van der Waals surface area contributed by atoms with E-state index in [9.17, 15) is 18.3 Å². The number of nitrogens with one attached hydrogen (secondary N) is 1. The molecule has 8 heteroatoms. The van der Waals surface area contributed by atoms with Gasteiger partial charge < -0.3 is 10.4 Å². The topological polar surface area (TPSA) is 86.7 Å². The van der Waals surface area contributed by atoms with Gasteiger partial charge in [0.1, 0.15) is 6.10 Å². The van der Waals surface area contributed by atoms with Crippen molar-refractivity contribution in [2.75, 3.05) is 13.1 Å². The number of rotatable bonds is 5. The Bertz CT molecular complexity index is 906. The summed E-state index contributed by atoms with van der Waals surface area (Å²) in [5, 5.41) is 14.6. The molecule has 2 N–H and O–H groups in total. The third-order valence-corrected chi connectivity index (χ3v) is 10.3. The van der Waals surface area contributed by atoms with Crippen molar-refractivity contribution in [3.8, 4) is 0 Å². The van der Waals surface area contributed by atoms with Crippen molar-refractivity contribution in [1.82, 2.24) is 9.62 Å². The second-order valence-corrected chi connectivity index (χ2v) is 12.7. The van der Waals surface area contributed by atoms with Gasteiger partial charge in [0.15, 0.2) is 0 Å². The number of hydrogen-bond acceptors (Lipinski definition) is 4. The van der Waals surface area contributed by atoms with Crippen LogP contribution in [0.5, 0.6) is 0 Å². The quantitative estimate of drug-likeness (QED) is 0.697. The van der Waals surface area contributed by atoms with Gasteiger partial charge in [0.2, 0.25) is 15.9 Å². The second-order valence-electron chi connectivity index (χ2n) is 10.3. The fraction of sp³-hybridized carbons (Fsp3) is 0.696. The van der Waals surface area contributed by atoms with Gasteiger partial charge in [0, 0.05) is 29.6 Å². The van der Waals surface area contributed by atoms with Crippen LogP contribution in [-0.4, -0.2) is 49.0 Å². The van der Waals surface area contributed by atoms with E-state index < -0.39 is 16.1 Å². The summed E-state index contributed by atoms with van der Waals surface area (Å²) in [7, 11) is -3.57. The molecule has 0 spiro atoms. The molecule has 0 radical (unpaired) electrons. The van der Waals surface area contributed by atoms with E-state index in [0.717, 1.165) is 19.3 Å². The number of amides is 1. The smallest absolute Gasteiger partial charge is 0.249 e. The molecule has 1 aliphatic heterocycles. The van der Waals surface area contributed by atoms with Gasteiger partial charge in [0.25, 0.3) is 0 Å². The fourth-order valence-corrected chi connectivity index (χ4v) is 8.66. The number of aliphatic hydroxyl groups is 1. The average molecular weight is 467 g/mol.